The summed E-state index contributed by atoms with van der Waals surface area (Å²) in [6, 6.07) is 13.9. The average molecular weight is 295 g/mol. The largest absolute Gasteiger partial charge is 0.573 e. The molecule has 0 spiro atoms. The van der Waals surface area contributed by atoms with Crippen LogP contribution in [0.15, 0.2) is 48.5 Å². The molecular formula is C16H16F3NO. The minimum Gasteiger partial charge on any atom is -0.406 e. The van der Waals surface area contributed by atoms with E-state index < -0.39 is 6.36 Å². The van der Waals surface area contributed by atoms with E-state index in [1.54, 1.807) is 12.1 Å². The summed E-state index contributed by atoms with van der Waals surface area (Å²) in [6.07, 6.45) is -3.55. The number of halogens is 3. The van der Waals surface area contributed by atoms with Crippen LogP contribution in [-0.2, 0) is 19.4 Å². The molecule has 0 radical (unpaired) electrons. The van der Waals surface area contributed by atoms with Crippen LogP contribution in [0.3, 0.4) is 0 Å². The van der Waals surface area contributed by atoms with Gasteiger partial charge in [0.1, 0.15) is 5.75 Å². The summed E-state index contributed by atoms with van der Waals surface area (Å²) in [4.78, 5) is 0. The molecule has 0 fully saturated rings. The molecule has 2 N–H and O–H groups in total. The minimum absolute atomic E-state index is 0.136. The van der Waals surface area contributed by atoms with E-state index in [0.29, 0.717) is 24.9 Å². The molecule has 0 unspecified atom stereocenters. The molecule has 0 aromatic heterocycles. The van der Waals surface area contributed by atoms with Crippen molar-refractivity contribution < 1.29 is 17.9 Å². The Hall–Kier alpha value is -2.01. The number of hydrogen-bond donors (Lipinski definition) is 1. The number of benzene rings is 2. The highest BCUT2D eigenvalue weighted by Gasteiger charge is 2.31. The molecule has 2 rings (SSSR count). The van der Waals surface area contributed by atoms with Gasteiger partial charge in [-0.25, -0.2) is 0 Å². The third-order valence-electron chi connectivity index (χ3n) is 3.14. The first-order chi connectivity index (χ1) is 9.98. The predicted octanol–water partition coefficient (Wildman–Crippen LogP) is 3.83. The van der Waals surface area contributed by atoms with E-state index in [0.717, 1.165) is 11.1 Å². The Morgan fingerprint density at radius 3 is 2.10 bits per heavy atom. The van der Waals surface area contributed by atoms with Gasteiger partial charge in [0.25, 0.3) is 0 Å². The topological polar surface area (TPSA) is 35.2 Å². The first-order valence-corrected chi connectivity index (χ1v) is 6.59. The third-order valence-corrected chi connectivity index (χ3v) is 3.14. The Morgan fingerprint density at radius 1 is 0.857 bits per heavy atom. The normalized spacial score (nSPS) is 11.4. The standard InChI is InChI=1S/C16H16F3NO/c17-16(18,19)21-15-4-2-1-3-14(15)10-9-12-5-7-13(11-20)8-6-12/h1-8H,9-11,20H2. The Morgan fingerprint density at radius 2 is 1.48 bits per heavy atom. The quantitative estimate of drug-likeness (QED) is 0.910. The van der Waals surface area contributed by atoms with Gasteiger partial charge in [0.2, 0.25) is 0 Å². The van der Waals surface area contributed by atoms with Crippen LogP contribution >= 0.6 is 0 Å². The lowest BCUT2D eigenvalue weighted by molar-refractivity contribution is -0.274. The van der Waals surface area contributed by atoms with Gasteiger partial charge >= 0.3 is 6.36 Å². The molecule has 21 heavy (non-hydrogen) atoms. The summed E-state index contributed by atoms with van der Waals surface area (Å²) >= 11 is 0. The zero-order chi connectivity index (χ0) is 15.3. The minimum atomic E-state index is -4.67. The number of aryl methyl sites for hydroxylation is 2. The van der Waals surface area contributed by atoms with Crippen LogP contribution in [-0.4, -0.2) is 6.36 Å². The molecule has 0 bridgehead atoms. The fourth-order valence-electron chi connectivity index (χ4n) is 2.06. The molecular weight excluding hydrogens is 279 g/mol. The van der Waals surface area contributed by atoms with Crippen molar-refractivity contribution in [3.05, 3.63) is 65.2 Å². The second-order valence-electron chi connectivity index (χ2n) is 4.68. The van der Waals surface area contributed by atoms with Crippen LogP contribution in [0.2, 0.25) is 0 Å². The van der Waals surface area contributed by atoms with E-state index >= 15 is 0 Å². The summed E-state index contributed by atoms with van der Waals surface area (Å²) in [5, 5.41) is 0. The Bertz CT molecular complexity index is 579. The van der Waals surface area contributed by atoms with Crippen molar-refractivity contribution in [1.29, 1.82) is 0 Å². The molecule has 0 aliphatic rings. The van der Waals surface area contributed by atoms with Crippen LogP contribution in [0.5, 0.6) is 5.75 Å². The molecule has 0 aliphatic carbocycles. The number of para-hydroxylation sites is 1. The van der Waals surface area contributed by atoms with E-state index in [4.69, 9.17) is 5.73 Å². The Kier molecular flexibility index (Phi) is 4.85. The van der Waals surface area contributed by atoms with Gasteiger partial charge in [0, 0.05) is 6.54 Å². The van der Waals surface area contributed by atoms with Crippen molar-refractivity contribution in [1.82, 2.24) is 0 Å². The van der Waals surface area contributed by atoms with Crippen molar-refractivity contribution in [2.24, 2.45) is 5.73 Å². The van der Waals surface area contributed by atoms with Gasteiger partial charge < -0.3 is 10.5 Å². The van der Waals surface area contributed by atoms with Gasteiger partial charge in [0.05, 0.1) is 0 Å². The van der Waals surface area contributed by atoms with Gasteiger partial charge in [0.15, 0.2) is 0 Å². The lowest BCUT2D eigenvalue weighted by Crippen LogP contribution is -2.18. The SMILES string of the molecule is NCc1ccc(CCc2ccccc2OC(F)(F)F)cc1. The molecule has 2 aromatic carbocycles. The second-order valence-corrected chi connectivity index (χ2v) is 4.68. The molecule has 0 atom stereocenters. The van der Waals surface area contributed by atoms with Crippen LogP contribution < -0.4 is 10.5 Å². The maximum atomic E-state index is 12.3. The van der Waals surface area contributed by atoms with Gasteiger partial charge in [-0.15, -0.1) is 13.2 Å². The van der Waals surface area contributed by atoms with E-state index in [-0.39, 0.29) is 5.75 Å². The van der Waals surface area contributed by atoms with Crippen molar-refractivity contribution in [3.8, 4) is 5.75 Å². The predicted molar refractivity (Wildman–Crippen MR) is 74.9 cm³/mol. The first kappa shape index (κ1) is 15.4. The monoisotopic (exact) mass is 295 g/mol. The number of rotatable bonds is 5. The fraction of sp³-hybridized carbons (Fsp3) is 0.250. The van der Waals surface area contributed by atoms with Gasteiger partial charge in [-0.1, -0.05) is 42.5 Å². The molecule has 5 heteroatoms. The zero-order valence-electron chi connectivity index (χ0n) is 11.4. The van der Waals surface area contributed by atoms with Gasteiger partial charge in [-0.2, -0.15) is 0 Å². The highest BCUT2D eigenvalue weighted by atomic mass is 19.4. The number of ether oxygens (including phenoxy) is 1. The highest BCUT2D eigenvalue weighted by Crippen LogP contribution is 2.27. The maximum Gasteiger partial charge on any atom is 0.573 e. The molecule has 0 aliphatic heterocycles. The van der Waals surface area contributed by atoms with Crippen LogP contribution in [0.1, 0.15) is 16.7 Å². The summed E-state index contributed by atoms with van der Waals surface area (Å²) < 4.78 is 41.0. The number of hydrogen-bond acceptors (Lipinski definition) is 2. The Labute approximate surface area is 121 Å². The zero-order valence-corrected chi connectivity index (χ0v) is 11.4. The lowest BCUT2D eigenvalue weighted by atomic mass is 10.0. The second kappa shape index (κ2) is 6.63. The lowest BCUT2D eigenvalue weighted by Gasteiger charge is -2.13. The molecule has 0 saturated heterocycles. The van der Waals surface area contributed by atoms with E-state index in [1.165, 1.54) is 12.1 Å². The highest BCUT2D eigenvalue weighted by molar-refractivity contribution is 5.34. The van der Waals surface area contributed by atoms with Gasteiger partial charge in [-0.05, 0) is 35.6 Å². The van der Waals surface area contributed by atoms with Crippen LogP contribution in [0.4, 0.5) is 13.2 Å². The van der Waals surface area contributed by atoms with E-state index in [9.17, 15) is 13.2 Å². The van der Waals surface area contributed by atoms with E-state index in [2.05, 4.69) is 4.74 Å². The van der Waals surface area contributed by atoms with Gasteiger partial charge in [-0.3, -0.25) is 0 Å². The fourth-order valence-corrected chi connectivity index (χ4v) is 2.06. The number of alkyl halides is 3. The maximum absolute atomic E-state index is 12.3. The number of nitrogens with two attached hydrogens (primary N) is 1. The van der Waals surface area contributed by atoms with Crippen molar-refractivity contribution in [3.63, 3.8) is 0 Å². The van der Waals surface area contributed by atoms with Crippen molar-refractivity contribution >= 4 is 0 Å². The molecule has 0 saturated carbocycles. The summed E-state index contributed by atoms with van der Waals surface area (Å²) in [7, 11) is 0. The molecule has 0 amide bonds. The molecule has 0 heterocycles. The average Bonchev–Trinajstić information content (AvgIpc) is 2.45. The van der Waals surface area contributed by atoms with Crippen LogP contribution in [0.25, 0.3) is 0 Å². The summed E-state index contributed by atoms with van der Waals surface area (Å²) in [6.45, 7) is 0.475. The van der Waals surface area contributed by atoms with E-state index in [1.807, 2.05) is 24.3 Å². The van der Waals surface area contributed by atoms with Crippen molar-refractivity contribution in [2.45, 2.75) is 25.7 Å². The Balaban J connectivity index is 2.05. The molecule has 2 aromatic rings. The first-order valence-electron chi connectivity index (χ1n) is 6.59. The summed E-state index contributed by atoms with van der Waals surface area (Å²) in [5.74, 6) is -0.136. The van der Waals surface area contributed by atoms with Crippen molar-refractivity contribution in [2.75, 3.05) is 0 Å². The smallest absolute Gasteiger partial charge is 0.406 e. The molecule has 112 valence electrons. The molecule has 2 nitrogen and oxygen atoms in total. The third kappa shape index (κ3) is 4.79. The summed E-state index contributed by atoms with van der Waals surface area (Å²) in [5.41, 5.74) is 8.14. The van der Waals surface area contributed by atoms with Crippen LogP contribution in [0, 0.1) is 0 Å².